The summed E-state index contributed by atoms with van der Waals surface area (Å²) in [6, 6.07) is 2.65. The SMILES string of the molecule is CC(C)Cn1nc(C(=O)NN)ccc1=O. The second-order valence-electron chi connectivity index (χ2n) is 3.61. The molecule has 3 N–H and O–H groups in total. The summed E-state index contributed by atoms with van der Waals surface area (Å²) in [5.41, 5.74) is 1.88. The normalized spacial score (nSPS) is 10.4. The highest BCUT2D eigenvalue weighted by atomic mass is 16.2. The van der Waals surface area contributed by atoms with E-state index in [-0.39, 0.29) is 17.2 Å². The maximum atomic E-state index is 11.4. The Morgan fingerprint density at radius 1 is 1.60 bits per heavy atom. The number of nitrogens with zero attached hydrogens (tertiary/aromatic N) is 2. The summed E-state index contributed by atoms with van der Waals surface area (Å²) in [7, 11) is 0. The highest BCUT2D eigenvalue weighted by molar-refractivity contribution is 5.91. The zero-order valence-electron chi connectivity index (χ0n) is 8.73. The molecule has 0 aliphatic carbocycles. The largest absolute Gasteiger partial charge is 0.289 e. The molecule has 82 valence electrons. The summed E-state index contributed by atoms with van der Waals surface area (Å²) >= 11 is 0. The molecule has 0 atom stereocenters. The first-order chi connectivity index (χ1) is 7.04. The maximum absolute atomic E-state index is 11.4. The van der Waals surface area contributed by atoms with Gasteiger partial charge in [0, 0.05) is 12.6 Å². The fourth-order valence-corrected chi connectivity index (χ4v) is 1.12. The molecule has 0 saturated heterocycles. The quantitative estimate of drug-likeness (QED) is 0.400. The van der Waals surface area contributed by atoms with Gasteiger partial charge >= 0.3 is 0 Å². The van der Waals surface area contributed by atoms with Crippen LogP contribution in [0.3, 0.4) is 0 Å². The fraction of sp³-hybridized carbons (Fsp3) is 0.444. The van der Waals surface area contributed by atoms with E-state index in [4.69, 9.17) is 5.84 Å². The fourth-order valence-electron chi connectivity index (χ4n) is 1.12. The molecule has 0 aliphatic rings. The molecule has 0 aromatic carbocycles. The van der Waals surface area contributed by atoms with E-state index >= 15 is 0 Å². The Morgan fingerprint density at radius 2 is 2.27 bits per heavy atom. The standard InChI is InChI=1S/C9H14N4O2/c1-6(2)5-13-8(14)4-3-7(12-13)9(15)11-10/h3-4,6H,5,10H2,1-2H3,(H,11,15). The number of carbonyl (C=O) groups excluding carboxylic acids is 1. The van der Waals surface area contributed by atoms with Crippen molar-refractivity contribution in [1.29, 1.82) is 0 Å². The number of nitrogen functional groups attached to an aromatic ring is 1. The Labute approximate surface area is 87.1 Å². The molecule has 0 spiro atoms. The molecule has 1 amide bonds. The Kier molecular flexibility index (Phi) is 3.56. The van der Waals surface area contributed by atoms with E-state index < -0.39 is 5.91 Å². The first kappa shape index (κ1) is 11.4. The number of hydrazine groups is 1. The second-order valence-corrected chi connectivity index (χ2v) is 3.61. The lowest BCUT2D eigenvalue weighted by atomic mass is 10.2. The van der Waals surface area contributed by atoms with Gasteiger partial charge < -0.3 is 0 Å². The summed E-state index contributed by atoms with van der Waals surface area (Å²) in [5.74, 6) is 4.74. The van der Waals surface area contributed by atoms with E-state index in [1.54, 1.807) is 0 Å². The van der Waals surface area contributed by atoms with Crippen molar-refractivity contribution in [1.82, 2.24) is 15.2 Å². The van der Waals surface area contributed by atoms with Crippen molar-refractivity contribution in [2.24, 2.45) is 11.8 Å². The molecular formula is C9H14N4O2. The van der Waals surface area contributed by atoms with Crippen molar-refractivity contribution >= 4 is 5.91 Å². The number of nitrogens with two attached hydrogens (primary N) is 1. The van der Waals surface area contributed by atoms with Gasteiger partial charge in [-0.3, -0.25) is 15.0 Å². The van der Waals surface area contributed by atoms with Crippen molar-refractivity contribution < 1.29 is 4.79 Å². The Balaban J connectivity index is 3.05. The summed E-state index contributed by atoms with van der Waals surface area (Å²) in [5, 5.41) is 3.90. The molecule has 0 aliphatic heterocycles. The number of nitrogens with one attached hydrogen (secondary N) is 1. The minimum Gasteiger partial charge on any atom is -0.289 e. The minimum absolute atomic E-state index is 0.137. The zero-order chi connectivity index (χ0) is 11.4. The van der Waals surface area contributed by atoms with Crippen molar-refractivity contribution in [3.8, 4) is 0 Å². The van der Waals surface area contributed by atoms with Crippen LogP contribution in [-0.2, 0) is 6.54 Å². The molecule has 15 heavy (non-hydrogen) atoms. The molecule has 0 fully saturated rings. The third-order valence-electron chi connectivity index (χ3n) is 1.77. The van der Waals surface area contributed by atoms with Gasteiger partial charge in [-0.05, 0) is 12.0 Å². The molecule has 1 heterocycles. The molecule has 1 rings (SSSR count). The second kappa shape index (κ2) is 4.70. The van der Waals surface area contributed by atoms with Gasteiger partial charge in [0.05, 0.1) is 0 Å². The first-order valence-corrected chi connectivity index (χ1v) is 4.63. The highest BCUT2D eigenvalue weighted by Gasteiger charge is 2.08. The number of hydrogen-bond acceptors (Lipinski definition) is 4. The van der Waals surface area contributed by atoms with Crippen LogP contribution < -0.4 is 16.8 Å². The lowest BCUT2D eigenvalue weighted by Gasteiger charge is -2.08. The average Bonchev–Trinajstić information content (AvgIpc) is 2.19. The van der Waals surface area contributed by atoms with Crippen molar-refractivity contribution in [2.45, 2.75) is 20.4 Å². The van der Waals surface area contributed by atoms with E-state index in [1.807, 2.05) is 19.3 Å². The van der Waals surface area contributed by atoms with Gasteiger partial charge in [-0.15, -0.1) is 0 Å². The topological polar surface area (TPSA) is 90.0 Å². The number of carbonyl (C=O) groups is 1. The molecule has 1 aromatic rings. The van der Waals surface area contributed by atoms with Crippen LogP contribution >= 0.6 is 0 Å². The summed E-state index contributed by atoms with van der Waals surface area (Å²) in [6.07, 6.45) is 0. The van der Waals surface area contributed by atoms with Gasteiger partial charge in [0.25, 0.3) is 11.5 Å². The Bertz CT molecular complexity index is 411. The third kappa shape index (κ3) is 2.88. The molecule has 6 nitrogen and oxygen atoms in total. The minimum atomic E-state index is -0.507. The maximum Gasteiger partial charge on any atom is 0.285 e. The van der Waals surface area contributed by atoms with Crippen LogP contribution in [0.25, 0.3) is 0 Å². The van der Waals surface area contributed by atoms with Crippen LogP contribution in [0, 0.1) is 5.92 Å². The van der Waals surface area contributed by atoms with Gasteiger partial charge in [0.2, 0.25) is 0 Å². The van der Waals surface area contributed by atoms with Gasteiger partial charge in [0.1, 0.15) is 5.69 Å². The van der Waals surface area contributed by atoms with Gasteiger partial charge in [0.15, 0.2) is 0 Å². The van der Waals surface area contributed by atoms with Crippen molar-refractivity contribution in [2.75, 3.05) is 0 Å². The van der Waals surface area contributed by atoms with E-state index in [0.717, 1.165) is 0 Å². The highest BCUT2D eigenvalue weighted by Crippen LogP contribution is 1.95. The van der Waals surface area contributed by atoms with E-state index in [0.29, 0.717) is 6.54 Å². The van der Waals surface area contributed by atoms with Gasteiger partial charge in [-0.1, -0.05) is 13.8 Å². The number of rotatable bonds is 3. The van der Waals surface area contributed by atoms with Gasteiger partial charge in [-0.2, -0.15) is 5.10 Å². The number of amides is 1. The molecule has 6 heteroatoms. The zero-order valence-corrected chi connectivity index (χ0v) is 8.73. The van der Waals surface area contributed by atoms with E-state index in [2.05, 4.69) is 5.10 Å². The summed E-state index contributed by atoms with van der Waals surface area (Å²) in [6.45, 7) is 4.40. The Hall–Kier alpha value is -1.69. The van der Waals surface area contributed by atoms with Crippen molar-refractivity contribution in [3.05, 3.63) is 28.2 Å². The van der Waals surface area contributed by atoms with Crippen LogP contribution in [0.1, 0.15) is 24.3 Å². The third-order valence-corrected chi connectivity index (χ3v) is 1.77. The monoisotopic (exact) mass is 210 g/mol. The Morgan fingerprint density at radius 3 is 2.80 bits per heavy atom. The summed E-state index contributed by atoms with van der Waals surface area (Å²) < 4.78 is 1.26. The summed E-state index contributed by atoms with van der Waals surface area (Å²) in [4.78, 5) is 22.5. The van der Waals surface area contributed by atoms with E-state index in [1.165, 1.54) is 16.8 Å². The molecule has 0 bridgehead atoms. The number of hydrogen-bond donors (Lipinski definition) is 2. The molecule has 0 unspecified atom stereocenters. The molecule has 0 radical (unpaired) electrons. The van der Waals surface area contributed by atoms with Crippen LogP contribution in [0.2, 0.25) is 0 Å². The van der Waals surface area contributed by atoms with E-state index in [9.17, 15) is 9.59 Å². The predicted octanol–water partition coefficient (Wildman–Crippen LogP) is -0.497. The lowest BCUT2D eigenvalue weighted by Crippen LogP contribution is -2.34. The number of aromatic nitrogens is 2. The average molecular weight is 210 g/mol. The van der Waals surface area contributed by atoms with Gasteiger partial charge in [-0.25, -0.2) is 10.5 Å². The molecule has 0 saturated carbocycles. The first-order valence-electron chi connectivity index (χ1n) is 4.63. The lowest BCUT2D eigenvalue weighted by molar-refractivity contribution is 0.0945. The smallest absolute Gasteiger partial charge is 0.285 e. The molecular weight excluding hydrogens is 196 g/mol. The van der Waals surface area contributed by atoms with Crippen LogP contribution in [-0.4, -0.2) is 15.7 Å². The van der Waals surface area contributed by atoms with Crippen LogP contribution in [0.15, 0.2) is 16.9 Å². The van der Waals surface area contributed by atoms with Crippen LogP contribution in [0.5, 0.6) is 0 Å². The molecule has 1 aromatic heterocycles. The van der Waals surface area contributed by atoms with Crippen molar-refractivity contribution in [3.63, 3.8) is 0 Å². The predicted molar refractivity (Wildman–Crippen MR) is 55.0 cm³/mol. The van der Waals surface area contributed by atoms with Crippen LogP contribution in [0.4, 0.5) is 0 Å².